The maximum absolute atomic E-state index is 5.86. The van der Waals surface area contributed by atoms with Crippen LogP contribution in [0.5, 0.6) is 0 Å². The molecule has 0 aromatic rings. The molecular weight excluding hydrogens is 349 g/mol. The van der Waals surface area contributed by atoms with Crippen molar-refractivity contribution in [3.63, 3.8) is 0 Å². The van der Waals surface area contributed by atoms with Gasteiger partial charge in [-0.3, -0.25) is 4.99 Å². The number of nitrogens with two attached hydrogens (primary N) is 1. The largest absolute Gasteiger partial charge is 0.370 e. The summed E-state index contributed by atoms with van der Waals surface area (Å²) in [4.78, 5) is 4.49. The summed E-state index contributed by atoms with van der Waals surface area (Å²) in [7, 11) is 0. The summed E-state index contributed by atoms with van der Waals surface area (Å²) < 4.78 is 0. The molecule has 0 unspecified atom stereocenters. The van der Waals surface area contributed by atoms with Crippen LogP contribution in [0.15, 0.2) is 17.1 Å². The Morgan fingerprint density at radius 3 is 2.42 bits per heavy atom. The van der Waals surface area contributed by atoms with Crippen LogP contribution in [0.4, 0.5) is 0 Å². The zero-order valence-electron chi connectivity index (χ0n) is 12.7. The highest BCUT2D eigenvalue weighted by atomic mass is 127. The molecule has 0 heterocycles. The zero-order chi connectivity index (χ0) is 13.6. The van der Waals surface area contributed by atoms with Crippen molar-refractivity contribution in [3.8, 4) is 0 Å². The van der Waals surface area contributed by atoms with E-state index in [0.29, 0.717) is 12.5 Å². The standard InChI is InChI=1S/C15H29N3.HI/c1-12(2)10-17-14(16)18-11-15(3,4)13-8-6-5-7-9-13;/h13H,1,5-11H2,2-4H3,(H3,16,17,18);1H. The zero-order valence-corrected chi connectivity index (χ0v) is 15.0. The van der Waals surface area contributed by atoms with E-state index in [9.17, 15) is 0 Å². The van der Waals surface area contributed by atoms with Crippen LogP contribution in [0.2, 0.25) is 0 Å². The van der Waals surface area contributed by atoms with Crippen molar-refractivity contribution in [2.45, 2.75) is 52.9 Å². The summed E-state index contributed by atoms with van der Waals surface area (Å²) in [6.07, 6.45) is 6.85. The molecular formula is C15H30IN3. The number of nitrogens with one attached hydrogen (secondary N) is 1. The fourth-order valence-electron chi connectivity index (χ4n) is 2.60. The van der Waals surface area contributed by atoms with E-state index in [1.165, 1.54) is 32.1 Å². The van der Waals surface area contributed by atoms with E-state index >= 15 is 0 Å². The molecule has 0 bridgehead atoms. The molecule has 0 spiro atoms. The van der Waals surface area contributed by atoms with Gasteiger partial charge >= 0.3 is 0 Å². The average molecular weight is 379 g/mol. The molecule has 0 aliphatic heterocycles. The molecule has 0 saturated heterocycles. The predicted molar refractivity (Wildman–Crippen MR) is 95.1 cm³/mol. The van der Waals surface area contributed by atoms with Crippen LogP contribution in [0, 0.1) is 11.3 Å². The first kappa shape index (κ1) is 18.7. The molecule has 1 aliphatic rings. The van der Waals surface area contributed by atoms with Crippen molar-refractivity contribution in [1.82, 2.24) is 5.32 Å². The molecule has 4 heteroatoms. The smallest absolute Gasteiger partial charge is 0.188 e. The molecule has 1 fully saturated rings. The van der Waals surface area contributed by atoms with Crippen LogP contribution in [-0.2, 0) is 0 Å². The van der Waals surface area contributed by atoms with E-state index < -0.39 is 0 Å². The van der Waals surface area contributed by atoms with E-state index in [0.717, 1.165) is 18.0 Å². The Labute approximate surface area is 135 Å². The van der Waals surface area contributed by atoms with Crippen molar-refractivity contribution in [2.75, 3.05) is 13.1 Å². The second kappa shape index (κ2) is 8.82. The van der Waals surface area contributed by atoms with E-state index in [-0.39, 0.29) is 29.4 Å². The molecule has 1 saturated carbocycles. The van der Waals surface area contributed by atoms with Crippen LogP contribution in [-0.4, -0.2) is 19.0 Å². The lowest BCUT2D eigenvalue weighted by molar-refractivity contribution is 0.167. The Balaban J connectivity index is 0.00000324. The molecule has 0 aromatic heterocycles. The third-order valence-corrected chi connectivity index (χ3v) is 3.94. The molecule has 0 atom stereocenters. The lowest BCUT2D eigenvalue weighted by atomic mass is 9.71. The van der Waals surface area contributed by atoms with Crippen molar-refractivity contribution in [1.29, 1.82) is 0 Å². The third-order valence-electron chi connectivity index (χ3n) is 3.94. The fourth-order valence-corrected chi connectivity index (χ4v) is 2.60. The summed E-state index contributed by atoms with van der Waals surface area (Å²) >= 11 is 0. The van der Waals surface area contributed by atoms with E-state index in [1.54, 1.807) is 0 Å². The number of hydrogen-bond acceptors (Lipinski definition) is 1. The normalized spacial score (nSPS) is 17.7. The minimum atomic E-state index is 0. The van der Waals surface area contributed by atoms with Gasteiger partial charge in [-0.2, -0.15) is 0 Å². The summed E-state index contributed by atoms with van der Waals surface area (Å²) in [5.74, 6) is 1.34. The minimum Gasteiger partial charge on any atom is -0.370 e. The molecule has 1 aliphatic carbocycles. The molecule has 1 rings (SSSR count). The first-order valence-electron chi connectivity index (χ1n) is 7.10. The SMILES string of the molecule is C=C(C)CNC(N)=NCC(C)(C)C1CCCCC1.I. The van der Waals surface area contributed by atoms with Crippen molar-refractivity contribution in [3.05, 3.63) is 12.2 Å². The quantitative estimate of drug-likeness (QED) is 0.331. The predicted octanol–water partition coefficient (Wildman–Crippen LogP) is 3.69. The van der Waals surface area contributed by atoms with Gasteiger partial charge in [-0.15, -0.1) is 24.0 Å². The van der Waals surface area contributed by atoms with Gasteiger partial charge in [-0.05, 0) is 31.1 Å². The molecule has 0 aromatic carbocycles. The number of halogens is 1. The Bertz CT molecular complexity index is 305. The van der Waals surface area contributed by atoms with Crippen LogP contribution in [0.25, 0.3) is 0 Å². The van der Waals surface area contributed by atoms with E-state index in [4.69, 9.17) is 5.73 Å². The monoisotopic (exact) mass is 379 g/mol. The fraction of sp³-hybridized carbons (Fsp3) is 0.800. The molecule has 3 N–H and O–H groups in total. The van der Waals surface area contributed by atoms with Crippen LogP contribution in [0.3, 0.4) is 0 Å². The van der Waals surface area contributed by atoms with Crippen molar-refractivity contribution >= 4 is 29.9 Å². The van der Waals surface area contributed by atoms with Gasteiger partial charge in [0.25, 0.3) is 0 Å². The van der Waals surface area contributed by atoms with Crippen LogP contribution in [0.1, 0.15) is 52.9 Å². The Morgan fingerprint density at radius 1 is 1.32 bits per heavy atom. The van der Waals surface area contributed by atoms with Crippen molar-refractivity contribution < 1.29 is 0 Å². The van der Waals surface area contributed by atoms with Gasteiger partial charge in [0.1, 0.15) is 0 Å². The lowest BCUT2D eigenvalue weighted by Crippen LogP contribution is -2.35. The number of guanidine groups is 1. The molecule has 0 amide bonds. The van der Waals surface area contributed by atoms with Gasteiger partial charge < -0.3 is 11.1 Å². The van der Waals surface area contributed by atoms with Gasteiger partial charge in [-0.25, -0.2) is 0 Å². The Hall–Kier alpha value is -0.260. The van der Waals surface area contributed by atoms with Gasteiger partial charge in [0, 0.05) is 13.1 Å². The Kier molecular flexibility index (Phi) is 8.70. The van der Waals surface area contributed by atoms with Gasteiger partial charge in [0.15, 0.2) is 5.96 Å². The van der Waals surface area contributed by atoms with Gasteiger partial charge in [-0.1, -0.05) is 45.3 Å². The van der Waals surface area contributed by atoms with Crippen molar-refractivity contribution in [2.24, 2.45) is 22.1 Å². The summed E-state index contributed by atoms with van der Waals surface area (Å²) in [5, 5.41) is 3.09. The van der Waals surface area contributed by atoms with Crippen LogP contribution >= 0.6 is 24.0 Å². The number of aliphatic imine (C=N–C) groups is 1. The minimum absolute atomic E-state index is 0. The maximum atomic E-state index is 5.86. The van der Waals surface area contributed by atoms with Gasteiger partial charge in [0.05, 0.1) is 0 Å². The highest BCUT2D eigenvalue weighted by Gasteiger charge is 2.30. The first-order chi connectivity index (χ1) is 8.42. The first-order valence-corrected chi connectivity index (χ1v) is 7.10. The summed E-state index contributed by atoms with van der Waals surface area (Å²) in [6, 6.07) is 0. The van der Waals surface area contributed by atoms with Gasteiger partial charge in [0.2, 0.25) is 0 Å². The highest BCUT2D eigenvalue weighted by Crippen LogP contribution is 2.38. The van der Waals surface area contributed by atoms with Crippen LogP contribution < -0.4 is 11.1 Å². The maximum Gasteiger partial charge on any atom is 0.188 e. The topological polar surface area (TPSA) is 50.4 Å². The Morgan fingerprint density at radius 2 is 1.89 bits per heavy atom. The summed E-state index contributed by atoms with van der Waals surface area (Å²) in [6.45, 7) is 12.0. The van der Waals surface area contributed by atoms with E-state index in [2.05, 4.69) is 30.7 Å². The number of nitrogens with zero attached hydrogens (tertiary/aromatic N) is 1. The summed E-state index contributed by atoms with van der Waals surface area (Å²) in [5.41, 5.74) is 7.19. The lowest BCUT2D eigenvalue weighted by Gasteiger charge is -2.36. The molecule has 19 heavy (non-hydrogen) atoms. The number of hydrogen-bond donors (Lipinski definition) is 2. The van der Waals surface area contributed by atoms with E-state index in [1.807, 2.05) is 6.92 Å². The molecule has 3 nitrogen and oxygen atoms in total. The second-order valence-electron chi connectivity index (χ2n) is 6.34. The number of rotatable bonds is 5. The highest BCUT2D eigenvalue weighted by molar-refractivity contribution is 14.0. The second-order valence-corrected chi connectivity index (χ2v) is 6.34. The third kappa shape index (κ3) is 7.18. The molecule has 112 valence electrons. The average Bonchev–Trinajstić information content (AvgIpc) is 2.35. The molecule has 0 radical (unpaired) electrons.